The summed E-state index contributed by atoms with van der Waals surface area (Å²) >= 11 is 0. The van der Waals surface area contributed by atoms with Gasteiger partial charge in [-0.3, -0.25) is 0 Å². The molecule has 1 aromatic heterocycles. The molecule has 0 aliphatic heterocycles. The zero-order chi connectivity index (χ0) is 13.8. The highest BCUT2D eigenvalue weighted by Gasteiger charge is 2.09. The normalized spacial score (nSPS) is 10.4. The van der Waals surface area contributed by atoms with Crippen LogP contribution in [0.1, 0.15) is 11.1 Å². The second kappa shape index (κ2) is 5.57. The summed E-state index contributed by atoms with van der Waals surface area (Å²) in [4.78, 5) is 0. The van der Waals surface area contributed by atoms with Crippen molar-refractivity contribution in [3.05, 3.63) is 65.7 Å². The predicted molar refractivity (Wildman–Crippen MR) is 78.2 cm³/mol. The van der Waals surface area contributed by atoms with Crippen LogP contribution in [-0.2, 0) is 6.54 Å². The van der Waals surface area contributed by atoms with Crippen LogP contribution < -0.4 is 5.32 Å². The van der Waals surface area contributed by atoms with Crippen LogP contribution in [0.2, 0.25) is 0 Å². The van der Waals surface area contributed by atoms with E-state index < -0.39 is 0 Å². The molecule has 1 N–H and O–H groups in total. The van der Waals surface area contributed by atoms with Crippen molar-refractivity contribution in [3.8, 4) is 11.5 Å². The molecule has 4 nitrogen and oxygen atoms in total. The molecule has 0 spiro atoms. The van der Waals surface area contributed by atoms with Crippen molar-refractivity contribution < 1.29 is 4.42 Å². The van der Waals surface area contributed by atoms with Crippen molar-refractivity contribution in [1.29, 1.82) is 0 Å². The summed E-state index contributed by atoms with van der Waals surface area (Å²) in [5.41, 5.74) is 3.25. The Kier molecular flexibility index (Phi) is 3.46. The molecule has 0 saturated heterocycles. The Morgan fingerprint density at radius 3 is 2.50 bits per heavy atom. The topological polar surface area (TPSA) is 51.0 Å². The van der Waals surface area contributed by atoms with Crippen molar-refractivity contribution in [2.24, 2.45) is 0 Å². The number of hydrogen-bond acceptors (Lipinski definition) is 4. The minimum Gasteiger partial charge on any atom is -0.403 e. The van der Waals surface area contributed by atoms with Gasteiger partial charge in [0.2, 0.25) is 5.89 Å². The Hall–Kier alpha value is -2.62. The minimum atomic E-state index is 0.437. The summed E-state index contributed by atoms with van der Waals surface area (Å²) < 4.78 is 5.64. The van der Waals surface area contributed by atoms with Crippen molar-refractivity contribution in [3.63, 3.8) is 0 Å². The van der Waals surface area contributed by atoms with E-state index >= 15 is 0 Å². The summed E-state index contributed by atoms with van der Waals surface area (Å²) in [5.74, 6) is 0.540. The minimum absolute atomic E-state index is 0.437. The lowest BCUT2D eigenvalue weighted by Crippen LogP contribution is -1.98. The maximum absolute atomic E-state index is 5.64. The number of rotatable bonds is 4. The molecular weight excluding hydrogens is 250 g/mol. The van der Waals surface area contributed by atoms with Crippen molar-refractivity contribution in [1.82, 2.24) is 10.2 Å². The molecule has 3 aromatic rings. The number of benzene rings is 2. The van der Waals surface area contributed by atoms with Gasteiger partial charge >= 0.3 is 6.01 Å². The lowest BCUT2D eigenvalue weighted by Gasteiger charge is -2.01. The molecule has 0 atom stereocenters. The fourth-order valence-corrected chi connectivity index (χ4v) is 1.99. The standard InChI is InChI=1S/C16H15N3O/c1-12-7-5-6-10-14(12)15-18-19-16(20-15)17-11-13-8-3-2-4-9-13/h2-10H,11H2,1H3,(H,17,19). The molecule has 0 aliphatic rings. The van der Waals surface area contributed by atoms with Gasteiger partial charge in [0, 0.05) is 12.1 Å². The molecule has 0 amide bonds. The fourth-order valence-electron chi connectivity index (χ4n) is 1.99. The number of nitrogens with zero attached hydrogens (tertiary/aromatic N) is 2. The van der Waals surface area contributed by atoms with Gasteiger partial charge in [-0.1, -0.05) is 53.6 Å². The average Bonchev–Trinajstić information content (AvgIpc) is 2.95. The second-order valence-corrected chi connectivity index (χ2v) is 4.57. The number of aryl methyl sites for hydroxylation is 1. The maximum Gasteiger partial charge on any atom is 0.316 e. The highest BCUT2D eigenvalue weighted by molar-refractivity contribution is 5.58. The zero-order valence-corrected chi connectivity index (χ0v) is 11.2. The first kappa shape index (κ1) is 12.4. The fraction of sp³-hybridized carbons (Fsp3) is 0.125. The molecule has 0 saturated carbocycles. The van der Waals surface area contributed by atoms with Gasteiger partial charge in [0.05, 0.1) is 0 Å². The molecule has 100 valence electrons. The van der Waals surface area contributed by atoms with E-state index in [0.29, 0.717) is 18.5 Å². The van der Waals surface area contributed by atoms with Crippen LogP contribution in [0.4, 0.5) is 6.01 Å². The predicted octanol–water partition coefficient (Wildman–Crippen LogP) is 3.66. The van der Waals surface area contributed by atoms with Gasteiger partial charge in [-0.05, 0) is 24.1 Å². The third-order valence-corrected chi connectivity index (χ3v) is 3.09. The summed E-state index contributed by atoms with van der Waals surface area (Å²) in [6.07, 6.45) is 0. The number of aromatic nitrogens is 2. The van der Waals surface area contributed by atoms with E-state index in [4.69, 9.17) is 4.42 Å². The lowest BCUT2D eigenvalue weighted by molar-refractivity contribution is 0.580. The molecule has 0 fully saturated rings. The smallest absolute Gasteiger partial charge is 0.316 e. The molecule has 2 aromatic carbocycles. The summed E-state index contributed by atoms with van der Waals surface area (Å²) in [6.45, 7) is 2.69. The maximum atomic E-state index is 5.64. The molecule has 1 heterocycles. The van der Waals surface area contributed by atoms with Crippen LogP contribution in [0, 0.1) is 6.92 Å². The van der Waals surface area contributed by atoms with Gasteiger partial charge in [-0.2, -0.15) is 0 Å². The van der Waals surface area contributed by atoms with Gasteiger partial charge in [0.1, 0.15) is 0 Å². The molecule has 0 bridgehead atoms. The molecule has 3 rings (SSSR count). The molecule has 0 radical (unpaired) electrons. The highest BCUT2D eigenvalue weighted by Crippen LogP contribution is 2.23. The van der Waals surface area contributed by atoms with E-state index in [0.717, 1.165) is 11.1 Å². The Bertz CT molecular complexity index is 692. The monoisotopic (exact) mass is 265 g/mol. The second-order valence-electron chi connectivity index (χ2n) is 4.57. The van der Waals surface area contributed by atoms with Gasteiger partial charge in [-0.15, -0.1) is 5.10 Å². The first-order chi connectivity index (χ1) is 9.83. The summed E-state index contributed by atoms with van der Waals surface area (Å²) in [6, 6.07) is 18.5. The number of nitrogens with one attached hydrogen (secondary N) is 1. The summed E-state index contributed by atoms with van der Waals surface area (Å²) in [5, 5.41) is 11.2. The van der Waals surface area contributed by atoms with Crippen molar-refractivity contribution in [2.45, 2.75) is 13.5 Å². The SMILES string of the molecule is Cc1ccccc1-c1nnc(NCc2ccccc2)o1. The van der Waals surface area contributed by atoms with Gasteiger partial charge < -0.3 is 9.73 Å². The third-order valence-electron chi connectivity index (χ3n) is 3.09. The molecule has 0 aliphatic carbocycles. The number of hydrogen-bond donors (Lipinski definition) is 1. The highest BCUT2D eigenvalue weighted by atomic mass is 16.4. The lowest BCUT2D eigenvalue weighted by atomic mass is 10.1. The Morgan fingerprint density at radius 2 is 1.70 bits per heavy atom. The van der Waals surface area contributed by atoms with E-state index in [1.165, 1.54) is 5.56 Å². The largest absolute Gasteiger partial charge is 0.403 e. The Labute approximate surface area is 117 Å². The van der Waals surface area contributed by atoms with Crippen LogP contribution in [0.15, 0.2) is 59.0 Å². The van der Waals surface area contributed by atoms with Crippen molar-refractivity contribution in [2.75, 3.05) is 5.32 Å². The van der Waals surface area contributed by atoms with Crippen LogP contribution in [0.3, 0.4) is 0 Å². The van der Waals surface area contributed by atoms with E-state index in [9.17, 15) is 0 Å². The zero-order valence-electron chi connectivity index (χ0n) is 11.2. The number of anilines is 1. The Balaban J connectivity index is 1.73. The molecule has 0 unspecified atom stereocenters. The third kappa shape index (κ3) is 2.69. The van der Waals surface area contributed by atoms with Crippen LogP contribution in [-0.4, -0.2) is 10.2 Å². The first-order valence-corrected chi connectivity index (χ1v) is 6.50. The quantitative estimate of drug-likeness (QED) is 0.782. The Morgan fingerprint density at radius 1 is 0.950 bits per heavy atom. The van der Waals surface area contributed by atoms with Crippen molar-refractivity contribution >= 4 is 6.01 Å². The molecule has 4 heteroatoms. The van der Waals surface area contributed by atoms with Gasteiger partial charge in [0.25, 0.3) is 0 Å². The van der Waals surface area contributed by atoms with Gasteiger partial charge in [-0.25, -0.2) is 0 Å². The van der Waals surface area contributed by atoms with E-state index in [1.54, 1.807) is 0 Å². The van der Waals surface area contributed by atoms with E-state index in [-0.39, 0.29) is 0 Å². The van der Waals surface area contributed by atoms with E-state index in [2.05, 4.69) is 15.5 Å². The van der Waals surface area contributed by atoms with Crippen LogP contribution in [0.25, 0.3) is 11.5 Å². The molecular formula is C16H15N3O. The van der Waals surface area contributed by atoms with E-state index in [1.807, 2.05) is 61.5 Å². The van der Waals surface area contributed by atoms with Crippen LogP contribution >= 0.6 is 0 Å². The summed E-state index contributed by atoms with van der Waals surface area (Å²) in [7, 11) is 0. The molecule has 20 heavy (non-hydrogen) atoms. The average molecular weight is 265 g/mol. The van der Waals surface area contributed by atoms with Crippen LogP contribution in [0.5, 0.6) is 0 Å². The first-order valence-electron chi connectivity index (χ1n) is 6.50. The van der Waals surface area contributed by atoms with Gasteiger partial charge in [0.15, 0.2) is 0 Å².